The normalized spacial score (nSPS) is 19.4. The molecule has 2 atom stereocenters. The van der Waals surface area contributed by atoms with Crippen LogP contribution in [0.25, 0.3) is 0 Å². The first-order valence-corrected chi connectivity index (χ1v) is 6.47. The highest BCUT2D eigenvalue weighted by Gasteiger charge is 2.31. The third-order valence-corrected chi connectivity index (χ3v) is 3.06. The maximum atomic E-state index is 11.8. The SMILES string of the molecule is C[C@H](CCc1ccco1)NC(=O)C[C@H]1NC(=O)NC1=O. The second kappa shape index (κ2) is 6.23. The average molecular weight is 279 g/mol. The van der Waals surface area contributed by atoms with Crippen molar-refractivity contribution in [2.24, 2.45) is 0 Å². The largest absolute Gasteiger partial charge is 0.469 e. The van der Waals surface area contributed by atoms with Crippen molar-refractivity contribution in [1.82, 2.24) is 16.0 Å². The van der Waals surface area contributed by atoms with E-state index in [1.54, 1.807) is 6.26 Å². The van der Waals surface area contributed by atoms with Crippen molar-refractivity contribution in [3.8, 4) is 0 Å². The molecular formula is C13H17N3O4. The van der Waals surface area contributed by atoms with Crippen LogP contribution < -0.4 is 16.0 Å². The highest BCUT2D eigenvalue weighted by Crippen LogP contribution is 2.06. The first-order chi connectivity index (χ1) is 9.54. The van der Waals surface area contributed by atoms with E-state index >= 15 is 0 Å². The Labute approximate surface area is 116 Å². The number of imide groups is 1. The molecule has 0 unspecified atom stereocenters. The van der Waals surface area contributed by atoms with Gasteiger partial charge in [0.15, 0.2) is 0 Å². The molecule has 4 amide bonds. The Morgan fingerprint density at radius 3 is 2.90 bits per heavy atom. The average Bonchev–Trinajstić information content (AvgIpc) is 2.97. The highest BCUT2D eigenvalue weighted by molar-refractivity contribution is 6.05. The number of rotatable bonds is 6. The summed E-state index contributed by atoms with van der Waals surface area (Å²) in [4.78, 5) is 34.0. The highest BCUT2D eigenvalue weighted by atomic mass is 16.3. The van der Waals surface area contributed by atoms with Crippen LogP contribution in [-0.4, -0.2) is 29.9 Å². The van der Waals surface area contributed by atoms with Gasteiger partial charge in [0.25, 0.3) is 5.91 Å². The molecule has 7 heteroatoms. The van der Waals surface area contributed by atoms with E-state index in [2.05, 4.69) is 16.0 Å². The summed E-state index contributed by atoms with van der Waals surface area (Å²) in [5, 5.41) is 7.27. The number of urea groups is 1. The molecule has 7 nitrogen and oxygen atoms in total. The maximum Gasteiger partial charge on any atom is 0.322 e. The second-order valence-corrected chi connectivity index (χ2v) is 4.81. The summed E-state index contributed by atoms with van der Waals surface area (Å²) >= 11 is 0. The van der Waals surface area contributed by atoms with Gasteiger partial charge >= 0.3 is 6.03 Å². The number of aryl methyl sites for hydroxylation is 1. The Hall–Kier alpha value is -2.31. The van der Waals surface area contributed by atoms with Crippen LogP contribution >= 0.6 is 0 Å². The molecule has 0 spiro atoms. The van der Waals surface area contributed by atoms with Crippen molar-refractivity contribution in [3.63, 3.8) is 0 Å². The van der Waals surface area contributed by atoms with Gasteiger partial charge in [-0.05, 0) is 25.5 Å². The molecule has 20 heavy (non-hydrogen) atoms. The van der Waals surface area contributed by atoms with E-state index in [1.165, 1.54) is 0 Å². The van der Waals surface area contributed by atoms with E-state index in [0.717, 1.165) is 18.6 Å². The van der Waals surface area contributed by atoms with Gasteiger partial charge in [-0.15, -0.1) is 0 Å². The lowest BCUT2D eigenvalue weighted by Crippen LogP contribution is -2.39. The molecule has 1 fully saturated rings. The van der Waals surface area contributed by atoms with Crippen LogP contribution in [0.1, 0.15) is 25.5 Å². The Morgan fingerprint density at radius 2 is 2.30 bits per heavy atom. The zero-order valence-corrected chi connectivity index (χ0v) is 11.1. The molecule has 1 aliphatic heterocycles. The van der Waals surface area contributed by atoms with Gasteiger partial charge in [-0.3, -0.25) is 14.9 Å². The topological polar surface area (TPSA) is 100 Å². The molecule has 1 aromatic heterocycles. The van der Waals surface area contributed by atoms with Gasteiger partial charge in [0, 0.05) is 12.5 Å². The first kappa shape index (κ1) is 14.1. The fourth-order valence-corrected chi connectivity index (χ4v) is 2.01. The van der Waals surface area contributed by atoms with Crippen LogP contribution in [0.5, 0.6) is 0 Å². The van der Waals surface area contributed by atoms with Crippen molar-refractivity contribution in [1.29, 1.82) is 0 Å². The zero-order chi connectivity index (χ0) is 14.5. The van der Waals surface area contributed by atoms with Crippen molar-refractivity contribution in [3.05, 3.63) is 24.2 Å². The monoisotopic (exact) mass is 279 g/mol. The molecule has 0 aromatic carbocycles. The summed E-state index contributed by atoms with van der Waals surface area (Å²) < 4.78 is 5.21. The lowest BCUT2D eigenvalue weighted by Gasteiger charge is -2.14. The Morgan fingerprint density at radius 1 is 1.50 bits per heavy atom. The summed E-state index contributed by atoms with van der Waals surface area (Å²) in [7, 11) is 0. The number of carbonyl (C=O) groups is 3. The van der Waals surface area contributed by atoms with Crippen molar-refractivity contribution < 1.29 is 18.8 Å². The molecule has 1 aliphatic rings. The van der Waals surface area contributed by atoms with Gasteiger partial charge in [-0.25, -0.2) is 4.79 Å². The lowest BCUT2D eigenvalue weighted by atomic mass is 10.1. The Kier molecular flexibility index (Phi) is 4.39. The van der Waals surface area contributed by atoms with Gasteiger partial charge in [0.2, 0.25) is 5.91 Å². The molecule has 0 aliphatic carbocycles. The summed E-state index contributed by atoms with van der Waals surface area (Å²) in [6.45, 7) is 1.88. The van der Waals surface area contributed by atoms with E-state index in [4.69, 9.17) is 4.42 Å². The molecular weight excluding hydrogens is 262 g/mol. The van der Waals surface area contributed by atoms with E-state index in [-0.39, 0.29) is 18.4 Å². The summed E-state index contributed by atoms with van der Waals surface area (Å²) in [5.74, 6) is 0.140. The van der Waals surface area contributed by atoms with E-state index in [0.29, 0.717) is 0 Å². The van der Waals surface area contributed by atoms with Crippen molar-refractivity contribution in [2.45, 2.75) is 38.3 Å². The Bertz CT molecular complexity index is 498. The predicted octanol–water partition coefficient (Wildman–Crippen LogP) is 0.315. The van der Waals surface area contributed by atoms with Crippen LogP contribution in [0.15, 0.2) is 22.8 Å². The van der Waals surface area contributed by atoms with E-state index in [9.17, 15) is 14.4 Å². The molecule has 0 saturated carbocycles. The smallest absolute Gasteiger partial charge is 0.322 e. The molecule has 108 valence electrons. The quantitative estimate of drug-likeness (QED) is 0.653. The lowest BCUT2D eigenvalue weighted by molar-refractivity contribution is -0.126. The molecule has 0 bridgehead atoms. The number of hydrogen-bond acceptors (Lipinski definition) is 4. The second-order valence-electron chi connectivity index (χ2n) is 4.81. The zero-order valence-electron chi connectivity index (χ0n) is 11.1. The fraction of sp³-hybridized carbons (Fsp3) is 0.462. The van der Waals surface area contributed by atoms with E-state index < -0.39 is 18.0 Å². The van der Waals surface area contributed by atoms with Gasteiger partial charge in [0.05, 0.1) is 12.7 Å². The number of carbonyl (C=O) groups excluding carboxylic acids is 3. The first-order valence-electron chi connectivity index (χ1n) is 6.47. The van der Waals surface area contributed by atoms with Crippen LogP contribution in [0.2, 0.25) is 0 Å². The molecule has 1 aromatic rings. The molecule has 1 saturated heterocycles. The molecule has 3 N–H and O–H groups in total. The minimum Gasteiger partial charge on any atom is -0.469 e. The number of amides is 4. The fourth-order valence-electron chi connectivity index (χ4n) is 2.01. The minimum absolute atomic E-state index is 0.0345. The summed E-state index contributed by atoms with van der Waals surface area (Å²) in [6, 6.07) is 2.33. The maximum absolute atomic E-state index is 11.8. The van der Waals surface area contributed by atoms with Crippen LogP contribution in [0.4, 0.5) is 4.79 Å². The standard InChI is InChI=1S/C13H17N3O4/c1-8(4-5-9-3-2-6-20-9)14-11(17)7-10-12(18)16-13(19)15-10/h2-3,6,8,10H,4-5,7H2,1H3,(H,14,17)(H2,15,16,18,19)/t8-,10-/m1/s1. The van der Waals surface area contributed by atoms with Crippen LogP contribution in [0, 0.1) is 0 Å². The molecule has 0 radical (unpaired) electrons. The third kappa shape index (κ3) is 3.84. The Balaban J connectivity index is 1.71. The van der Waals surface area contributed by atoms with Crippen LogP contribution in [-0.2, 0) is 16.0 Å². The number of nitrogens with one attached hydrogen (secondary N) is 3. The van der Waals surface area contributed by atoms with E-state index in [1.807, 2.05) is 19.1 Å². The minimum atomic E-state index is -0.778. The van der Waals surface area contributed by atoms with Gasteiger partial charge in [0.1, 0.15) is 11.8 Å². The van der Waals surface area contributed by atoms with Gasteiger partial charge in [-0.2, -0.15) is 0 Å². The number of furan rings is 1. The van der Waals surface area contributed by atoms with Gasteiger partial charge < -0.3 is 15.1 Å². The van der Waals surface area contributed by atoms with Crippen molar-refractivity contribution >= 4 is 17.8 Å². The molecule has 2 heterocycles. The predicted molar refractivity (Wildman–Crippen MR) is 69.7 cm³/mol. The summed E-state index contributed by atoms with van der Waals surface area (Å²) in [5.41, 5.74) is 0. The number of hydrogen-bond donors (Lipinski definition) is 3. The van der Waals surface area contributed by atoms with Gasteiger partial charge in [-0.1, -0.05) is 0 Å². The van der Waals surface area contributed by atoms with Crippen molar-refractivity contribution in [2.75, 3.05) is 0 Å². The molecule has 2 rings (SSSR count). The third-order valence-electron chi connectivity index (χ3n) is 3.06. The van der Waals surface area contributed by atoms with Crippen LogP contribution in [0.3, 0.4) is 0 Å². The summed E-state index contributed by atoms with van der Waals surface area (Å²) in [6.07, 6.45) is 3.03.